The lowest BCUT2D eigenvalue weighted by atomic mass is 9.79. The molecule has 0 radical (unpaired) electrons. The van der Waals surface area contributed by atoms with Gasteiger partial charge in [-0.25, -0.2) is 0 Å². The maximum atomic E-state index is 12.8. The monoisotopic (exact) mass is 405 g/mol. The van der Waals surface area contributed by atoms with Gasteiger partial charge in [0.1, 0.15) is 18.2 Å². The maximum Gasteiger partial charge on any atom is 0.416 e. The molecule has 4 rings (SSSR count). The fourth-order valence-electron chi connectivity index (χ4n) is 3.94. The highest BCUT2D eigenvalue weighted by Crippen LogP contribution is 2.39. The summed E-state index contributed by atoms with van der Waals surface area (Å²) in [6.45, 7) is 0.0647. The lowest BCUT2D eigenvalue weighted by Gasteiger charge is -2.27. The Balaban J connectivity index is 1.38. The van der Waals surface area contributed by atoms with E-state index < -0.39 is 11.7 Å². The van der Waals surface area contributed by atoms with Crippen molar-refractivity contribution >= 4 is 0 Å². The van der Waals surface area contributed by atoms with Crippen molar-refractivity contribution in [3.05, 3.63) is 59.4 Å². The SMILES string of the molecule is Cn1c(COc2cccc(C(F)(F)F)c2)nnc1C1CCC(c2cn[nH]c2)CC1. The van der Waals surface area contributed by atoms with Crippen molar-refractivity contribution in [2.75, 3.05) is 0 Å². The van der Waals surface area contributed by atoms with Crippen molar-refractivity contribution < 1.29 is 17.9 Å². The van der Waals surface area contributed by atoms with Gasteiger partial charge in [-0.2, -0.15) is 18.3 Å². The summed E-state index contributed by atoms with van der Waals surface area (Å²) in [6.07, 6.45) is 3.59. The summed E-state index contributed by atoms with van der Waals surface area (Å²) in [5.41, 5.74) is 0.514. The van der Waals surface area contributed by atoms with Gasteiger partial charge in [0.15, 0.2) is 5.82 Å². The summed E-state index contributed by atoms with van der Waals surface area (Å²) < 4.78 is 45.9. The second-order valence-electron chi connectivity index (χ2n) is 7.43. The first-order valence-corrected chi connectivity index (χ1v) is 9.58. The highest BCUT2D eigenvalue weighted by Gasteiger charge is 2.31. The van der Waals surface area contributed by atoms with E-state index in [1.807, 2.05) is 24.0 Å². The van der Waals surface area contributed by atoms with E-state index in [9.17, 15) is 13.2 Å². The van der Waals surface area contributed by atoms with Crippen LogP contribution in [0.3, 0.4) is 0 Å². The second-order valence-corrected chi connectivity index (χ2v) is 7.43. The van der Waals surface area contributed by atoms with Gasteiger partial charge in [0.05, 0.1) is 11.8 Å². The van der Waals surface area contributed by atoms with Gasteiger partial charge in [0, 0.05) is 19.2 Å². The number of alkyl halides is 3. The minimum absolute atomic E-state index is 0.0647. The van der Waals surface area contributed by atoms with Gasteiger partial charge in [-0.3, -0.25) is 5.10 Å². The molecule has 1 saturated carbocycles. The lowest BCUT2D eigenvalue weighted by Crippen LogP contribution is -2.16. The van der Waals surface area contributed by atoms with E-state index in [0.29, 0.717) is 17.7 Å². The van der Waals surface area contributed by atoms with Gasteiger partial charge in [-0.15, -0.1) is 10.2 Å². The topological polar surface area (TPSA) is 68.6 Å². The van der Waals surface area contributed by atoms with Crippen molar-refractivity contribution in [3.63, 3.8) is 0 Å². The van der Waals surface area contributed by atoms with Crippen LogP contribution in [0.4, 0.5) is 13.2 Å². The average molecular weight is 405 g/mol. The van der Waals surface area contributed by atoms with Gasteiger partial charge in [0.25, 0.3) is 0 Å². The molecule has 0 aliphatic heterocycles. The number of aromatic nitrogens is 5. The molecule has 0 atom stereocenters. The van der Waals surface area contributed by atoms with Crippen LogP contribution in [0.25, 0.3) is 0 Å². The quantitative estimate of drug-likeness (QED) is 0.675. The zero-order valence-corrected chi connectivity index (χ0v) is 16.0. The molecule has 29 heavy (non-hydrogen) atoms. The lowest BCUT2D eigenvalue weighted by molar-refractivity contribution is -0.137. The Morgan fingerprint density at radius 2 is 1.90 bits per heavy atom. The predicted octanol–water partition coefficient (Wildman–Crippen LogP) is 4.58. The van der Waals surface area contributed by atoms with Crippen molar-refractivity contribution in [2.24, 2.45) is 7.05 Å². The third-order valence-corrected chi connectivity index (χ3v) is 5.61. The number of nitrogens with zero attached hydrogens (tertiary/aromatic N) is 4. The minimum atomic E-state index is -4.40. The molecular formula is C20H22F3N5O. The second kappa shape index (κ2) is 7.88. The molecular weight excluding hydrogens is 383 g/mol. The molecule has 1 aliphatic rings. The zero-order valence-electron chi connectivity index (χ0n) is 16.0. The first-order valence-electron chi connectivity index (χ1n) is 9.58. The van der Waals surface area contributed by atoms with E-state index in [0.717, 1.165) is 43.6 Å². The number of halogens is 3. The van der Waals surface area contributed by atoms with E-state index in [2.05, 4.69) is 20.4 Å². The number of rotatable bonds is 5. The Kier molecular flexibility index (Phi) is 5.29. The summed E-state index contributed by atoms with van der Waals surface area (Å²) in [4.78, 5) is 0. The van der Waals surface area contributed by atoms with Crippen molar-refractivity contribution in [1.29, 1.82) is 0 Å². The fraction of sp³-hybridized carbons (Fsp3) is 0.450. The molecule has 9 heteroatoms. The van der Waals surface area contributed by atoms with E-state index in [-0.39, 0.29) is 12.4 Å². The largest absolute Gasteiger partial charge is 0.486 e. The molecule has 2 aromatic heterocycles. The highest BCUT2D eigenvalue weighted by molar-refractivity contribution is 5.30. The Labute approximate surface area is 166 Å². The summed E-state index contributed by atoms with van der Waals surface area (Å²) in [5, 5.41) is 15.4. The van der Waals surface area contributed by atoms with Crippen LogP contribution in [-0.2, 0) is 19.8 Å². The van der Waals surface area contributed by atoms with E-state index in [1.165, 1.54) is 17.7 Å². The maximum absolute atomic E-state index is 12.8. The van der Waals surface area contributed by atoms with Crippen LogP contribution in [-0.4, -0.2) is 25.0 Å². The summed E-state index contributed by atoms with van der Waals surface area (Å²) in [5.74, 6) is 2.48. The first kappa shape index (κ1) is 19.5. The van der Waals surface area contributed by atoms with Gasteiger partial charge in [-0.05, 0) is 55.4 Å². The van der Waals surface area contributed by atoms with E-state index >= 15 is 0 Å². The highest BCUT2D eigenvalue weighted by atomic mass is 19.4. The molecule has 1 fully saturated rings. The number of ether oxygens (including phenoxy) is 1. The van der Waals surface area contributed by atoms with Crippen molar-refractivity contribution in [1.82, 2.24) is 25.0 Å². The molecule has 6 nitrogen and oxygen atoms in total. The number of nitrogens with one attached hydrogen (secondary N) is 1. The average Bonchev–Trinajstić information content (AvgIpc) is 3.36. The number of benzene rings is 1. The molecule has 0 amide bonds. The Morgan fingerprint density at radius 3 is 2.59 bits per heavy atom. The number of hydrogen-bond acceptors (Lipinski definition) is 4. The third-order valence-electron chi connectivity index (χ3n) is 5.61. The Morgan fingerprint density at radius 1 is 1.14 bits per heavy atom. The molecule has 1 aliphatic carbocycles. The van der Waals surface area contributed by atoms with Crippen LogP contribution < -0.4 is 4.74 Å². The molecule has 0 spiro atoms. The normalized spacial score (nSPS) is 20.0. The van der Waals surface area contributed by atoms with Gasteiger partial charge >= 0.3 is 6.18 Å². The molecule has 0 saturated heterocycles. The van der Waals surface area contributed by atoms with Gasteiger partial charge in [-0.1, -0.05) is 6.07 Å². The minimum Gasteiger partial charge on any atom is -0.486 e. The van der Waals surface area contributed by atoms with Gasteiger partial charge < -0.3 is 9.30 Å². The van der Waals surface area contributed by atoms with Crippen molar-refractivity contribution in [3.8, 4) is 5.75 Å². The zero-order chi connectivity index (χ0) is 20.4. The van der Waals surface area contributed by atoms with Crippen LogP contribution in [0.15, 0.2) is 36.7 Å². The Hall–Kier alpha value is -2.84. The Bertz CT molecular complexity index is 943. The van der Waals surface area contributed by atoms with Crippen LogP contribution in [0.2, 0.25) is 0 Å². The number of aromatic amines is 1. The smallest absolute Gasteiger partial charge is 0.416 e. The van der Waals surface area contributed by atoms with Crippen LogP contribution in [0, 0.1) is 0 Å². The molecule has 2 heterocycles. The van der Waals surface area contributed by atoms with Crippen LogP contribution in [0.1, 0.15) is 60.3 Å². The van der Waals surface area contributed by atoms with Crippen LogP contribution in [0.5, 0.6) is 5.75 Å². The van der Waals surface area contributed by atoms with E-state index in [4.69, 9.17) is 4.74 Å². The molecule has 154 valence electrons. The summed E-state index contributed by atoms with van der Waals surface area (Å²) in [6, 6.07) is 4.85. The summed E-state index contributed by atoms with van der Waals surface area (Å²) in [7, 11) is 1.88. The summed E-state index contributed by atoms with van der Waals surface area (Å²) >= 11 is 0. The molecule has 1 aromatic carbocycles. The third kappa shape index (κ3) is 4.28. The van der Waals surface area contributed by atoms with Crippen molar-refractivity contribution in [2.45, 2.75) is 50.3 Å². The number of hydrogen-bond donors (Lipinski definition) is 1. The molecule has 3 aromatic rings. The predicted molar refractivity (Wildman–Crippen MR) is 99.3 cm³/mol. The number of H-pyrrole nitrogens is 1. The van der Waals surface area contributed by atoms with Crippen LogP contribution >= 0.6 is 0 Å². The standard InChI is InChI=1S/C20H22F3N5O/c1-28-18(12-29-17-4-2-3-16(9-17)20(21,22)23)26-27-19(28)14-7-5-13(6-8-14)15-10-24-25-11-15/h2-4,9-11,13-14H,5-8,12H2,1H3,(H,24,25). The first-order chi connectivity index (χ1) is 13.9. The fourth-order valence-corrected chi connectivity index (χ4v) is 3.94. The molecule has 0 bridgehead atoms. The molecule has 1 N–H and O–H groups in total. The van der Waals surface area contributed by atoms with Gasteiger partial charge in [0.2, 0.25) is 0 Å². The molecule has 0 unspecified atom stereocenters. The van der Waals surface area contributed by atoms with E-state index in [1.54, 1.807) is 0 Å².